The van der Waals surface area contributed by atoms with E-state index in [9.17, 15) is 18.0 Å². The van der Waals surface area contributed by atoms with Crippen LogP contribution >= 0.6 is 23.2 Å². The Balaban J connectivity index is 2.34. The van der Waals surface area contributed by atoms with Gasteiger partial charge in [-0.1, -0.05) is 60.8 Å². The van der Waals surface area contributed by atoms with E-state index in [0.29, 0.717) is 27.8 Å². The monoisotopic (exact) mass is 513 g/mol. The van der Waals surface area contributed by atoms with Crippen LogP contribution in [0.15, 0.2) is 48.5 Å². The number of anilines is 1. The summed E-state index contributed by atoms with van der Waals surface area (Å²) in [5.41, 5.74) is 1.03. The maximum atomic E-state index is 13.4. The van der Waals surface area contributed by atoms with Crippen molar-refractivity contribution in [2.75, 3.05) is 23.7 Å². The molecule has 33 heavy (non-hydrogen) atoms. The summed E-state index contributed by atoms with van der Waals surface area (Å²) in [6.45, 7) is 3.73. The summed E-state index contributed by atoms with van der Waals surface area (Å²) < 4.78 is 25.9. The van der Waals surface area contributed by atoms with Crippen molar-refractivity contribution in [1.82, 2.24) is 10.2 Å². The molecule has 10 heteroatoms. The summed E-state index contributed by atoms with van der Waals surface area (Å²) in [7, 11) is -3.75. The van der Waals surface area contributed by atoms with E-state index >= 15 is 0 Å². The number of rotatable bonds is 11. The second-order valence-electron chi connectivity index (χ2n) is 7.70. The van der Waals surface area contributed by atoms with Crippen molar-refractivity contribution < 1.29 is 18.0 Å². The number of hydrogen-bond donors (Lipinski definition) is 1. The molecule has 0 heterocycles. The number of halogens is 2. The summed E-state index contributed by atoms with van der Waals surface area (Å²) in [5, 5.41) is 3.52. The van der Waals surface area contributed by atoms with Crippen LogP contribution in [0.5, 0.6) is 0 Å². The average molecular weight is 514 g/mol. The molecule has 0 bridgehead atoms. The van der Waals surface area contributed by atoms with Gasteiger partial charge in [-0.15, -0.1) is 0 Å². The predicted octanol–water partition coefficient (Wildman–Crippen LogP) is 4.09. The Kier molecular flexibility index (Phi) is 10.0. The minimum atomic E-state index is -3.75. The minimum Gasteiger partial charge on any atom is -0.354 e. The van der Waals surface area contributed by atoms with Gasteiger partial charge in [-0.2, -0.15) is 0 Å². The minimum absolute atomic E-state index is 0.0600. The Labute approximate surface area is 205 Å². The van der Waals surface area contributed by atoms with Crippen LogP contribution in [-0.2, 0) is 26.2 Å². The first-order valence-electron chi connectivity index (χ1n) is 10.6. The van der Waals surface area contributed by atoms with Crippen molar-refractivity contribution in [3.05, 3.63) is 64.1 Å². The summed E-state index contributed by atoms with van der Waals surface area (Å²) in [5.74, 6) is -0.837. The topological polar surface area (TPSA) is 86.8 Å². The first-order chi connectivity index (χ1) is 15.5. The number of nitrogens with one attached hydrogen (secondary N) is 1. The Hall–Kier alpha value is -2.29. The molecule has 7 nitrogen and oxygen atoms in total. The highest BCUT2D eigenvalue weighted by Crippen LogP contribution is 2.24. The molecule has 2 amide bonds. The van der Waals surface area contributed by atoms with Crippen molar-refractivity contribution in [2.24, 2.45) is 0 Å². The SMILES string of the molecule is CCCCNC(=O)C(C)N(Cc1ccc(Cl)c(Cl)c1)C(=O)CN(c1ccccc1)S(C)(=O)=O. The van der Waals surface area contributed by atoms with E-state index in [0.717, 1.165) is 23.4 Å². The van der Waals surface area contributed by atoms with Crippen LogP contribution < -0.4 is 9.62 Å². The zero-order chi connectivity index (χ0) is 24.6. The number of benzene rings is 2. The van der Waals surface area contributed by atoms with Crippen LogP contribution in [0.1, 0.15) is 32.3 Å². The summed E-state index contributed by atoms with van der Waals surface area (Å²) in [6, 6.07) is 12.5. The zero-order valence-electron chi connectivity index (χ0n) is 18.9. The number of unbranched alkanes of at least 4 members (excludes halogenated alkanes) is 1. The number of carbonyl (C=O) groups excluding carboxylic acids is 2. The highest BCUT2D eigenvalue weighted by molar-refractivity contribution is 7.92. The highest BCUT2D eigenvalue weighted by Gasteiger charge is 2.30. The Morgan fingerprint density at radius 3 is 2.30 bits per heavy atom. The fourth-order valence-electron chi connectivity index (χ4n) is 3.16. The molecular formula is C23H29Cl2N3O4S. The Bertz CT molecular complexity index is 1060. The number of nitrogens with zero attached hydrogens (tertiary/aromatic N) is 2. The van der Waals surface area contributed by atoms with E-state index in [1.54, 1.807) is 55.5 Å². The molecule has 0 aromatic heterocycles. The van der Waals surface area contributed by atoms with Gasteiger partial charge in [0.1, 0.15) is 12.6 Å². The number of para-hydroxylation sites is 1. The van der Waals surface area contributed by atoms with E-state index in [1.807, 2.05) is 6.92 Å². The highest BCUT2D eigenvalue weighted by atomic mass is 35.5. The molecule has 1 unspecified atom stereocenters. The van der Waals surface area contributed by atoms with Crippen molar-refractivity contribution in [3.8, 4) is 0 Å². The second kappa shape index (κ2) is 12.3. The lowest BCUT2D eigenvalue weighted by Gasteiger charge is -2.31. The normalized spacial score (nSPS) is 12.2. The van der Waals surface area contributed by atoms with E-state index in [1.165, 1.54) is 4.90 Å². The molecule has 180 valence electrons. The lowest BCUT2D eigenvalue weighted by atomic mass is 10.1. The molecule has 0 radical (unpaired) electrons. The molecule has 1 atom stereocenters. The van der Waals surface area contributed by atoms with Gasteiger partial charge in [0.05, 0.1) is 22.0 Å². The predicted molar refractivity (Wildman–Crippen MR) is 133 cm³/mol. The van der Waals surface area contributed by atoms with Gasteiger partial charge in [0.15, 0.2) is 0 Å². The van der Waals surface area contributed by atoms with Crippen molar-refractivity contribution in [1.29, 1.82) is 0 Å². The number of carbonyl (C=O) groups is 2. The fraction of sp³-hybridized carbons (Fsp3) is 0.391. The van der Waals surface area contributed by atoms with Crippen LogP contribution in [0.3, 0.4) is 0 Å². The van der Waals surface area contributed by atoms with Crippen LogP contribution in [0, 0.1) is 0 Å². The maximum absolute atomic E-state index is 13.4. The van der Waals surface area contributed by atoms with Crippen molar-refractivity contribution in [3.63, 3.8) is 0 Å². The largest absolute Gasteiger partial charge is 0.354 e. The van der Waals surface area contributed by atoms with Gasteiger partial charge in [0.25, 0.3) is 0 Å². The molecule has 0 aliphatic carbocycles. The Morgan fingerprint density at radius 1 is 1.06 bits per heavy atom. The van der Waals surface area contributed by atoms with E-state index in [2.05, 4.69) is 5.32 Å². The summed E-state index contributed by atoms with van der Waals surface area (Å²) >= 11 is 12.1. The smallest absolute Gasteiger partial charge is 0.244 e. The summed E-state index contributed by atoms with van der Waals surface area (Å²) in [4.78, 5) is 27.5. The molecule has 0 spiro atoms. The van der Waals surface area contributed by atoms with Gasteiger partial charge in [-0.25, -0.2) is 8.42 Å². The zero-order valence-corrected chi connectivity index (χ0v) is 21.3. The van der Waals surface area contributed by atoms with Crippen LogP contribution in [0.4, 0.5) is 5.69 Å². The number of amides is 2. The van der Waals surface area contributed by atoms with E-state index in [-0.39, 0.29) is 12.5 Å². The standard InChI is InChI=1S/C23H29Cl2N3O4S/c1-4-5-13-26-23(30)17(2)27(15-18-11-12-20(24)21(25)14-18)22(29)16-28(33(3,31)32)19-9-7-6-8-10-19/h6-12,14,17H,4-5,13,15-16H2,1-3H3,(H,26,30). The van der Waals surface area contributed by atoms with Gasteiger partial charge in [0, 0.05) is 13.1 Å². The molecule has 2 aromatic rings. The van der Waals surface area contributed by atoms with E-state index < -0.39 is 28.5 Å². The number of hydrogen-bond acceptors (Lipinski definition) is 4. The molecule has 0 aliphatic heterocycles. The van der Waals surface area contributed by atoms with Crippen LogP contribution in [0.2, 0.25) is 10.0 Å². The third kappa shape index (κ3) is 7.91. The van der Waals surface area contributed by atoms with Crippen molar-refractivity contribution in [2.45, 2.75) is 39.3 Å². The van der Waals surface area contributed by atoms with Gasteiger partial charge >= 0.3 is 0 Å². The molecule has 1 N–H and O–H groups in total. The lowest BCUT2D eigenvalue weighted by Crippen LogP contribution is -2.51. The maximum Gasteiger partial charge on any atom is 0.244 e. The second-order valence-corrected chi connectivity index (χ2v) is 10.4. The molecule has 0 aliphatic rings. The summed E-state index contributed by atoms with van der Waals surface area (Å²) in [6.07, 6.45) is 2.77. The van der Waals surface area contributed by atoms with Crippen LogP contribution in [-0.4, -0.2) is 50.5 Å². The van der Waals surface area contributed by atoms with E-state index in [4.69, 9.17) is 23.2 Å². The quantitative estimate of drug-likeness (QED) is 0.458. The molecule has 2 rings (SSSR count). The van der Waals surface area contributed by atoms with Crippen LogP contribution in [0.25, 0.3) is 0 Å². The third-order valence-electron chi connectivity index (χ3n) is 5.06. The molecule has 0 saturated carbocycles. The molecular weight excluding hydrogens is 485 g/mol. The molecule has 0 saturated heterocycles. The van der Waals surface area contributed by atoms with Crippen molar-refractivity contribution >= 4 is 50.7 Å². The number of sulfonamides is 1. The first-order valence-corrected chi connectivity index (χ1v) is 13.2. The first kappa shape index (κ1) is 27.0. The van der Waals surface area contributed by atoms with Gasteiger partial charge in [-0.3, -0.25) is 13.9 Å². The fourth-order valence-corrected chi connectivity index (χ4v) is 4.33. The molecule has 2 aromatic carbocycles. The molecule has 0 fully saturated rings. The average Bonchev–Trinajstić information content (AvgIpc) is 2.77. The Morgan fingerprint density at radius 2 is 1.73 bits per heavy atom. The lowest BCUT2D eigenvalue weighted by molar-refractivity contribution is -0.139. The van der Waals surface area contributed by atoms with Gasteiger partial charge in [0.2, 0.25) is 21.8 Å². The van der Waals surface area contributed by atoms with Gasteiger partial charge < -0.3 is 10.2 Å². The van der Waals surface area contributed by atoms with Gasteiger partial charge in [-0.05, 0) is 43.2 Å². The third-order valence-corrected chi connectivity index (χ3v) is 6.94.